The highest BCUT2D eigenvalue weighted by atomic mass is 35.5. The lowest BCUT2D eigenvalue weighted by Crippen LogP contribution is -2.19. The average molecular weight is 214 g/mol. The first-order chi connectivity index (χ1) is 6.60. The molecule has 0 aliphatic carbocycles. The van der Waals surface area contributed by atoms with E-state index in [4.69, 9.17) is 11.6 Å². The standard InChI is InChI=1S/C8H9Cl.C3H6O2/c1-2-7-3-5-8(9)6-4-7;1-2-3(4)5/h3-6H,2H2,1H3;2H2,1H3,(H,4,5)/p-1. The molecule has 78 valence electrons. The third-order valence-electron chi connectivity index (χ3n) is 1.61. The van der Waals surface area contributed by atoms with Crippen LogP contribution in [-0.4, -0.2) is 5.97 Å². The van der Waals surface area contributed by atoms with Crippen molar-refractivity contribution >= 4 is 17.6 Å². The number of carbonyl (C=O) groups is 1. The molecular weight excluding hydrogens is 200 g/mol. The molecule has 0 radical (unpaired) electrons. The van der Waals surface area contributed by atoms with Gasteiger partial charge in [-0.15, -0.1) is 0 Å². The molecule has 0 fully saturated rings. The van der Waals surface area contributed by atoms with E-state index in [1.807, 2.05) is 24.3 Å². The van der Waals surface area contributed by atoms with E-state index in [9.17, 15) is 9.90 Å². The number of rotatable bonds is 2. The van der Waals surface area contributed by atoms with Crippen LogP contribution < -0.4 is 5.11 Å². The van der Waals surface area contributed by atoms with Crippen molar-refractivity contribution in [2.24, 2.45) is 0 Å². The van der Waals surface area contributed by atoms with E-state index in [2.05, 4.69) is 6.92 Å². The maximum atomic E-state index is 9.26. The summed E-state index contributed by atoms with van der Waals surface area (Å²) >= 11 is 5.67. The van der Waals surface area contributed by atoms with E-state index in [1.54, 1.807) is 0 Å². The summed E-state index contributed by atoms with van der Waals surface area (Å²) in [5, 5.41) is 10.1. The van der Waals surface area contributed by atoms with Gasteiger partial charge in [0.25, 0.3) is 0 Å². The lowest BCUT2D eigenvalue weighted by Gasteiger charge is -1.93. The summed E-state index contributed by atoms with van der Waals surface area (Å²) in [7, 11) is 0. The Hall–Kier alpha value is -1.02. The molecule has 14 heavy (non-hydrogen) atoms. The van der Waals surface area contributed by atoms with Crippen LogP contribution in [0.25, 0.3) is 0 Å². The van der Waals surface area contributed by atoms with Crippen molar-refractivity contribution in [2.75, 3.05) is 0 Å². The fraction of sp³-hybridized carbons (Fsp3) is 0.364. The molecule has 3 heteroatoms. The number of hydrogen-bond donors (Lipinski definition) is 0. The summed E-state index contributed by atoms with van der Waals surface area (Å²) in [5.74, 6) is -0.995. The van der Waals surface area contributed by atoms with Crippen molar-refractivity contribution in [1.82, 2.24) is 0 Å². The van der Waals surface area contributed by atoms with Crippen LogP contribution in [0.2, 0.25) is 5.02 Å². The summed E-state index contributed by atoms with van der Waals surface area (Å²) in [5.41, 5.74) is 1.33. The number of carboxylic acid groups (broad SMARTS) is 1. The minimum absolute atomic E-state index is 0.111. The van der Waals surface area contributed by atoms with E-state index in [1.165, 1.54) is 12.5 Å². The van der Waals surface area contributed by atoms with E-state index >= 15 is 0 Å². The molecule has 0 heterocycles. The maximum absolute atomic E-state index is 9.26. The first-order valence-corrected chi connectivity index (χ1v) is 4.92. The molecular formula is C11H14ClO2-. The zero-order valence-corrected chi connectivity index (χ0v) is 9.17. The number of aryl methyl sites for hydroxylation is 1. The summed E-state index contributed by atoms with van der Waals surface area (Å²) in [6.45, 7) is 3.67. The fourth-order valence-corrected chi connectivity index (χ4v) is 0.846. The van der Waals surface area contributed by atoms with Gasteiger partial charge >= 0.3 is 0 Å². The molecule has 0 saturated carbocycles. The van der Waals surface area contributed by atoms with Crippen LogP contribution in [0.1, 0.15) is 25.8 Å². The Labute approximate surface area is 89.5 Å². The molecule has 1 rings (SSSR count). The summed E-state index contributed by atoms with van der Waals surface area (Å²) in [6, 6.07) is 7.92. The summed E-state index contributed by atoms with van der Waals surface area (Å²) in [4.78, 5) is 9.26. The number of carbonyl (C=O) groups excluding carboxylic acids is 1. The minimum Gasteiger partial charge on any atom is -0.550 e. The second-order valence-electron chi connectivity index (χ2n) is 2.71. The average Bonchev–Trinajstić information content (AvgIpc) is 2.20. The van der Waals surface area contributed by atoms with Crippen LogP contribution >= 0.6 is 11.6 Å². The monoisotopic (exact) mass is 213 g/mol. The van der Waals surface area contributed by atoms with Crippen LogP contribution in [0, 0.1) is 0 Å². The minimum atomic E-state index is -0.995. The van der Waals surface area contributed by atoms with E-state index < -0.39 is 5.97 Å². The van der Waals surface area contributed by atoms with Crippen LogP contribution in [-0.2, 0) is 11.2 Å². The second-order valence-corrected chi connectivity index (χ2v) is 3.14. The van der Waals surface area contributed by atoms with Crippen molar-refractivity contribution in [3.8, 4) is 0 Å². The molecule has 1 aromatic rings. The van der Waals surface area contributed by atoms with Crippen LogP contribution in [0.15, 0.2) is 24.3 Å². The number of aliphatic carboxylic acids is 1. The maximum Gasteiger partial charge on any atom is 0.0411 e. The number of halogens is 1. The number of benzene rings is 1. The Balaban J connectivity index is 0.000000292. The lowest BCUT2D eigenvalue weighted by atomic mass is 10.2. The number of carboxylic acids is 1. The normalized spacial score (nSPS) is 8.79. The number of hydrogen-bond acceptors (Lipinski definition) is 2. The van der Waals surface area contributed by atoms with Gasteiger partial charge in [-0.2, -0.15) is 0 Å². The Bertz CT molecular complexity index is 267. The molecule has 0 bridgehead atoms. The van der Waals surface area contributed by atoms with Crippen molar-refractivity contribution < 1.29 is 9.90 Å². The second kappa shape index (κ2) is 7.39. The zero-order valence-electron chi connectivity index (χ0n) is 8.42. The van der Waals surface area contributed by atoms with Gasteiger partial charge in [0.15, 0.2) is 0 Å². The van der Waals surface area contributed by atoms with Gasteiger partial charge in [0.2, 0.25) is 0 Å². The Morgan fingerprint density at radius 1 is 1.29 bits per heavy atom. The van der Waals surface area contributed by atoms with E-state index in [-0.39, 0.29) is 6.42 Å². The highest BCUT2D eigenvalue weighted by Crippen LogP contribution is 2.09. The van der Waals surface area contributed by atoms with Crippen LogP contribution in [0.3, 0.4) is 0 Å². The molecule has 0 N–H and O–H groups in total. The van der Waals surface area contributed by atoms with Crippen molar-refractivity contribution in [2.45, 2.75) is 26.7 Å². The lowest BCUT2D eigenvalue weighted by molar-refractivity contribution is -0.305. The first-order valence-electron chi connectivity index (χ1n) is 4.54. The van der Waals surface area contributed by atoms with Crippen LogP contribution in [0.5, 0.6) is 0 Å². The van der Waals surface area contributed by atoms with Crippen molar-refractivity contribution in [3.05, 3.63) is 34.9 Å². The fourth-order valence-electron chi connectivity index (χ4n) is 0.720. The molecule has 0 spiro atoms. The zero-order chi connectivity index (χ0) is 11.0. The predicted molar refractivity (Wildman–Crippen MR) is 56.1 cm³/mol. The van der Waals surface area contributed by atoms with Gasteiger partial charge < -0.3 is 9.90 Å². The largest absolute Gasteiger partial charge is 0.550 e. The Kier molecular flexibility index (Phi) is 6.85. The molecule has 0 aromatic heterocycles. The molecule has 1 aromatic carbocycles. The first kappa shape index (κ1) is 13.0. The van der Waals surface area contributed by atoms with Gasteiger partial charge in [0.1, 0.15) is 0 Å². The van der Waals surface area contributed by atoms with Gasteiger partial charge in [-0.25, -0.2) is 0 Å². The van der Waals surface area contributed by atoms with E-state index in [0.29, 0.717) is 0 Å². The molecule has 0 unspecified atom stereocenters. The Morgan fingerprint density at radius 3 is 2.00 bits per heavy atom. The van der Waals surface area contributed by atoms with E-state index in [0.717, 1.165) is 11.4 Å². The highest BCUT2D eigenvalue weighted by Gasteiger charge is 1.86. The molecule has 2 nitrogen and oxygen atoms in total. The SMILES string of the molecule is CCC(=O)[O-].CCc1ccc(Cl)cc1. The van der Waals surface area contributed by atoms with Gasteiger partial charge in [-0.3, -0.25) is 0 Å². The van der Waals surface area contributed by atoms with Crippen LogP contribution in [0.4, 0.5) is 0 Å². The van der Waals surface area contributed by atoms with Gasteiger partial charge in [0.05, 0.1) is 0 Å². The topological polar surface area (TPSA) is 40.1 Å². The molecule has 0 saturated heterocycles. The molecule has 0 aliphatic rings. The van der Waals surface area contributed by atoms with Crippen molar-refractivity contribution in [1.29, 1.82) is 0 Å². The van der Waals surface area contributed by atoms with Gasteiger partial charge in [-0.1, -0.05) is 37.6 Å². The van der Waals surface area contributed by atoms with Gasteiger partial charge in [-0.05, 0) is 30.5 Å². The highest BCUT2D eigenvalue weighted by molar-refractivity contribution is 6.30. The predicted octanol–water partition coefficient (Wildman–Crippen LogP) is 2.05. The molecule has 0 amide bonds. The third kappa shape index (κ3) is 6.49. The Morgan fingerprint density at radius 2 is 1.71 bits per heavy atom. The molecule has 0 atom stereocenters. The van der Waals surface area contributed by atoms with Gasteiger partial charge in [0, 0.05) is 11.0 Å². The summed E-state index contributed by atoms with van der Waals surface area (Å²) in [6.07, 6.45) is 1.19. The third-order valence-corrected chi connectivity index (χ3v) is 1.86. The van der Waals surface area contributed by atoms with Crippen molar-refractivity contribution in [3.63, 3.8) is 0 Å². The quantitative estimate of drug-likeness (QED) is 0.755. The smallest absolute Gasteiger partial charge is 0.0411 e. The molecule has 0 aliphatic heterocycles. The summed E-state index contributed by atoms with van der Waals surface area (Å²) < 4.78 is 0.